The van der Waals surface area contributed by atoms with Crippen molar-refractivity contribution < 1.29 is 4.79 Å². The fourth-order valence-electron chi connectivity index (χ4n) is 2.03. The minimum absolute atomic E-state index is 0.0932. The van der Waals surface area contributed by atoms with Crippen LogP contribution in [0, 0.1) is 0 Å². The molecule has 0 saturated heterocycles. The van der Waals surface area contributed by atoms with Crippen molar-refractivity contribution in [3.63, 3.8) is 0 Å². The van der Waals surface area contributed by atoms with Crippen LogP contribution in [0.4, 0.5) is 0 Å². The van der Waals surface area contributed by atoms with E-state index in [4.69, 9.17) is 0 Å². The number of carbonyl (C=O) groups excluding carboxylic acids is 1. The highest BCUT2D eigenvalue weighted by Crippen LogP contribution is 2.19. The molecule has 0 saturated carbocycles. The van der Waals surface area contributed by atoms with Crippen molar-refractivity contribution in [2.45, 2.75) is 52.1 Å². The van der Waals surface area contributed by atoms with Crippen LogP contribution in [0.15, 0.2) is 28.7 Å². The van der Waals surface area contributed by atoms with E-state index in [2.05, 4.69) is 45.6 Å². The summed E-state index contributed by atoms with van der Waals surface area (Å²) in [4.78, 5) is 11.8. The average molecular weight is 341 g/mol. The molecule has 0 aliphatic carbocycles. The molecule has 0 heterocycles. The monoisotopic (exact) mass is 340 g/mol. The van der Waals surface area contributed by atoms with E-state index in [9.17, 15) is 4.79 Å². The number of benzene rings is 1. The van der Waals surface area contributed by atoms with Gasteiger partial charge >= 0.3 is 0 Å². The van der Waals surface area contributed by atoms with Gasteiger partial charge in [0.05, 0.1) is 0 Å². The molecule has 0 aliphatic heterocycles. The molecular weight excluding hydrogens is 316 g/mol. The van der Waals surface area contributed by atoms with E-state index < -0.39 is 0 Å². The van der Waals surface area contributed by atoms with Gasteiger partial charge in [0.25, 0.3) is 0 Å². The van der Waals surface area contributed by atoms with Gasteiger partial charge in [0, 0.05) is 29.0 Å². The number of halogens is 1. The van der Waals surface area contributed by atoms with E-state index in [1.54, 1.807) is 0 Å². The Labute approximate surface area is 130 Å². The van der Waals surface area contributed by atoms with E-state index in [1.165, 1.54) is 5.56 Å². The standard InChI is InChI=1S/C16H25BrN2O/c1-5-14(12-6-8-13(17)9-7-12)18-11-10-15(20)19-16(2,3)4/h6-9,14,18H,5,10-11H2,1-4H3,(H,19,20). The van der Waals surface area contributed by atoms with E-state index in [1.807, 2.05) is 32.9 Å². The molecule has 20 heavy (non-hydrogen) atoms. The highest BCUT2D eigenvalue weighted by molar-refractivity contribution is 9.10. The van der Waals surface area contributed by atoms with Crippen molar-refractivity contribution in [1.29, 1.82) is 0 Å². The molecule has 1 rings (SSSR count). The summed E-state index contributed by atoms with van der Waals surface area (Å²) in [7, 11) is 0. The summed E-state index contributed by atoms with van der Waals surface area (Å²) < 4.78 is 1.08. The third-order valence-electron chi connectivity index (χ3n) is 2.94. The molecule has 1 unspecified atom stereocenters. The topological polar surface area (TPSA) is 41.1 Å². The molecule has 1 amide bonds. The second kappa shape index (κ2) is 7.79. The van der Waals surface area contributed by atoms with Gasteiger partial charge in [-0.15, -0.1) is 0 Å². The first kappa shape index (κ1) is 17.2. The normalized spacial score (nSPS) is 13.1. The molecule has 1 atom stereocenters. The number of rotatable bonds is 6. The van der Waals surface area contributed by atoms with Crippen LogP contribution in [-0.4, -0.2) is 18.0 Å². The van der Waals surface area contributed by atoms with Gasteiger partial charge in [-0.05, 0) is 44.9 Å². The molecule has 3 nitrogen and oxygen atoms in total. The summed E-state index contributed by atoms with van der Waals surface area (Å²) in [5.41, 5.74) is 1.10. The molecule has 1 aromatic rings. The third-order valence-corrected chi connectivity index (χ3v) is 3.47. The van der Waals surface area contributed by atoms with Crippen LogP contribution >= 0.6 is 15.9 Å². The van der Waals surface area contributed by atoms with Gasteiger partial charge in [0.2, 0.25) is 5.91 Å². The highest BCUT2D eigenvalue weighted by atomic mass is 79.9. The number of amides is 1. The Hall–Kier alpha value is -0.870. The lowest BCUT2D eigenvalue weighted by Gasteiger charge is -2.21. The zero-order valence-electron chi connectivity index (χ0n) is 12.8. The van der Waals surface area contributed by atoms with E-state index in [0.29, 0.717) is 19.0 Å². The number of nitrogens with one attached hydrogen (secondary N) is 2. The molecule has 112 valence electrons. The Bertz CT molecular complexity index is 423. The number of hydrogen-bond donors (Lipinski definition) is 2. The Morgan fingerprint density at radius 1 is 1.25 bits per heavy atom. The first-order chi connectivity index (χ1) is 9.31. The van der Waals surface area contributed by atoms with E-state index in [0.717, 1.165) is 10.9 Å². The summed E-state index contributed by atoms with van der Waals surface area (Å²) in [5.74, 6) is 0.0932. The lowest BCUT2D eigenvalue weighted by atomic mass is 10.0. The molecule has 0 aromatic heterocycles. The van der Waals surface area contributed by atoms with E-state index >= 15 is 0 Å². The molecule has 0 fully saturated rings. The molecule has 0 radical (unpaired) electrons. The van der Waals surface area contributed by atoms with Crippen molar-refractivity contribution >= 4 is 21.8 Å². The molecular formula is C16H25BrN2O. The van der Waals surface area contributed by atoms with Gasteiger partial charge in [0.15, 0.2) is 0 Å². The Morgan fingerprint density at radius 3 is 2.35 bits per heavy atom. The lowest BCUT2D eigenvalue weighted by Crippen LogP contribution is -2.41. The van der Waals surface area contributed by atoms with Crippen LogP contribution in [0.1, 0.15) is 52.1 Å². The fourth-order valence-corrected chi connectivity index (χ4v) is 2.30. The van der Waals surface area contributed by atoms with Gasteiger partial charge in [-0.3, -0.25) is 4.79 Å². The van der Waals surface area contributed by atoms with Crippen molar-refractivity contribution in [2.75, 3.05) is 6.54 Å². The highest BCUT2D eigenvalue weighted by Gasteiger charge is 2.14. The van der Waals surface area contributed by atoms with Gasteiger partial charge in [-0.1, -0.05) is 35.0 Å². The SMILES string of the molecule is CCC(NCCC(=O)NC(C)(C)C)c1ccc(Br)cc1. The predicted octanol–water partition coefficient (Wildman–Crippen LogP) is 3.79. The number of hydrogen-bond acceptors (Lipinski definition) is 2. The summed E-state index contributed by atoms with van der Waals surface area (Å²) in [5, 5.41) is 6.42. The molecule has 2 N–H and O–H groups in total. The number of carbonyl (C=O) groups is 1. The largest absolute Gasteiger partial charge is 0.351 e. The molecule has 0 spiro atoms. The van der Waals surface area contributed by atoms with Gasteiger partial charge in [-0.25, -0.2) is 0 Å². The second-order valence-electron chi connectivity index (χ2n) is 6.01. The van der Waals surface area contributed by atoms with Crippen LogP contribution in [0.5, 0.6) is 0 Å². The zero-order valence-corrected chi connectivity index (χ0v) is 14.4. The molecule has 0 bridgehead atoms. The zero-order chi connectivity index (χ0) is 15.2. The van der Waals surface area contributed by atoms with Gasteiger partial charge in [-0.2, -0.15) is 0 Å². The maximum Gasteiger partial charge on any atom is 0.221 e. The second-order valence-corrected chi connectivity index (χ2v) is 6.93. The third kappa shape index (κ3) is 6.53. The van der Waals surface area contributed by atoms with Crippen LogP contribution in [-0.2, 0) is 4.79 Å². The fraction of sp³-hybridized carbons (Fsp3) is 0.562. The van der Waals surface area contributed by atoms with Crippen molar-refractivity contribution in [2.24, 2.45) is 0 Å². The van der Waals surface area contributed by atoms with Crippen LogP contribution in [0.25, 0.3) is 0 Å². The minimum atomic E-state index is -0.160. The van der Waals surface area contributed by atoms with Crippen molar-refractivity contribution in [3.05, 3.63) is 34.3 Å². The molecule has 0 aliphatic rings. The summed E-state index contributed by atoms with van der Waals surface area (Å²) >= 11 is 3.44. The van der Waals surface area contributed by atoms with Gasteiger partial charge < -0.3 is 10.6 Å². The lowest BCUT2D eigenvalue weighted by molar-refractivity contribution is -0.122. The van der Waals surface area contributed by atoms with Crippen LogP contribution < -0.4 is 10.6 Å². The first-order valence-corrected chi connectivity index (χ1v) is 7.91. The minimum Gasteiger partial charge on any atom is -0.351 e. The Kier molecular flexibility index (Phi) is 6.69. The maximum atomic E-state index is 11.8. The molecule has 4 heteroatoms. The Morgan fingerprint density at radius 2 is 1.85 bits per heavy atom. The van der Waals surface area contributed by atoms with Crippen molar-refractivity contribution in [3.8, 4) is 0 Å². The summed E-state index contributed by atoms with van der Waals surface area (Å²) in [6.07, 6.45) is 1.51. The van der Waals surface area contributed by atoms with Gasteiger partial charge in [0.1, 0.15) is 0 Å². The Balaban J connectivity index is 2.42. The smallest absolute Gasteiger partial charge is 0.221 e. The van der Waals surface area contributed by atoms with Crippen LogP contribution in [0.3, 0.4) is 0 Å². The summed E-state index contributed by atoms with van der Waals surface area (Å²) in [6.45, 7) is 8.82. The summed E-state index contributed by atoms with van der Waals surface area (Å²) in [6, 6.07) is 8.62. The predicted molar refractivity (Wildman–Crippen MR) is 87.7 cm³/mol. The van der Waals surface area contributed by atoms with Crippen LogP contribution in [0.2, 0.25) is 0 Å². The van der Waals surface area contributed by atoms with Crippen molar-refractivity contribution in [1.82, 2.24) is 10.6 Å². The van der Waals surface area contributed by atoms with E-state index in [-0.39, 0.29) is 11.4 Å². The maximum absolute atomic E-state index is 11.8. The average Bonchev–Trinajstić information content (AvgIpc) is 2.34. The molecule has 1 aromatic carbocycles. The first-order valence-electron chi connectivity index (χ1n) is 7.11. The quantitative estimate of drug-likeness (QED) is 0.826.